The molecule has 4 atom stereocenters. The highest BCUT2D eigenvalue weighted by Gasteiger charge is 2.36. The second kappa shape index (κ2) is 10.5. The Morgan fingerprint density at radius 2 is 1.81 bits per heavy atom. The molecule has 1 aliphatic carbocycles. The van der Waals surface area contributed by atoms with E-state index in [1.54, 1.807) is 0 Å². The van der Waals surface area contributed by atoms with Crippen molar-refractivity contribution in [1.82, 2.24) is 10.6 Å². The molecule has 1 saturated heterocycles. The van der Waals surface area contributed by atoms with Gasteiger partial charge in [0.25, 0.3) is 0 Å². The third-order valence-corrected chi connectivity index (χ3v) is 5.91. The zero-order valence-electron chi connectivity index (χ0n) is 17.4. The first kappa shape index (κ1) is 22.9. The number of quaternary nitrogens is 1. The second-order valence-electron chi connectivity index (χ2n) is 8.25. The molecule has 0 bridgehead atoms. The predicted octanol–water partition coefficient (Wildman–Crippen LogP) is -2.29. The Morgan fingerprint density at radius 1 is 1.13 bits per heavy atom. The number of primary amides is 1. The van der Waals surface area contributed by atoms with E-state index in [0.717, 1.165) is 31.5 Å². The van der Waals surface area contributed by atoms with Crippen LogP contribution in [0.4, 0.5) is 0 Å². The second-order valence-corrected chi connectivity index (χ2v) is 8.25. The zero-order valence-corrected chi connectivity index (χ0v) is 17.4. The van der Waals surface area contributed by atoms with Crippen molar-refractivity contribution in [3.63, 3.8) is 0 Å². The zero-order chi connectivity index (χ0) is 22.4. The molecule has 1 aromatic carbocycles. The lowest BCUT2D eigenvalue weighted by molar-refractivity contribution is -0.664. The Balaban J connectivity index is 1.68. The maximum atomic E-state index is 12.8. The fourth-order valence-electron chi connectivity index (χ4n) is 4.06. The Labute approximate surface area is 181 Å². The number of nitrogens with two attached hydrogens (primary N) is 2. The lowest BCUT2D eigenvalue weighted by Gasteiger charge is -2.32. The first-order chi connectivity index (χ1) is 14.8. The first-order valence-corrected chi connectivity index (χ1v) is 10.7. The van der Waals surface area contributed by atoms with Gasteiger partial charge in [0.05, 0.1) is 25.2 Å². The minimum Gasteiger partial charge on any atom is -0.390 e. The highest BCUT2D eigenvalue weighted by Crippen LogP contribution is 2.21. The molecule has 1 fully saturated rings. The van der Waals surface area contributed by atoms with E-state index < -0.39 is 36.1 Å². The van der Waals surface area contributed by atoms with Crippen molar-refractivity contribution in [3.8, 4) is 0 Å². The van der Waals surface area contributed by atoms with Gasteiger partial charge in [-0.05, 0) is 5.56 Å². The van der Waals surface area contributed by atoms with Crippen LogP contribution in [-0.4, -0.2) is 65.3 Å². The van der Waals surface area contributed by atoms with E-state index in [0.29, 0.717) is 0 Å². The summed E-state index contributed by atoms with van der Waals surface area (Å²) < 4.78 is 0. The Bertz CT molecular complexity index is 822. The molecule has 31 heavy (non-hydrogen) atoms. The van der Waals surface area contributed by atoms with Crippen LogP contribution >= 0.6 is 0 Å². The summed E-state index contributed by atoms with van der Waals surface area (Å²) in [4.78, 5) is 37.2. The van der Waals surface area contributed by atoms with E-state index in [1.807, 2.05) is 30.3 Å². The van der Waals surface area contributed by atoms with Crippen molar-refractivity contribution < 1.29 is 29.9 Å². The van der Waals surface area contributed by atoms with Crippen molar-refractivity contribution in [3.05, 3.63) is 47.5 Å². The summed E-state index contributed by atoms with van der Waals surface area (Å²) in [6.45, 7) is 1.74. The van der Waals surface area contributed by atoms with E-state index >= 15 is 0 Å². The summed E-state index contributed by atoms with van der Waals surface area (Å²) in [6.07, 6.45) is 0.666. The van der Waals surface area contributed by atoms with Gasteiger partial charge in [0, 0.05) is 37.2 Å². The molecule has 3 amide bonds. The summed E-state index contributed by atoms with van der Waals surface area (Å²) in [5.41, 5.74) is 6.50. The molecule has 9 heteroatoms. The standard InChI is InChI=1S/C22H30N4O5/c23-20(29)17(10-13-4-2-1-3-5-13)26-22(31)15-11-16(19(28)18(27)12-15)25-21(30)14-6-8-24-9-7-14/h1-5,11,14,16-19,24,27-28H,6-10,12H2,(H2,23,29)(H,25,30)(H,26,31)/p+1/t16-,17-,18-,19-/m1/s1. The van der Waals surface area contributed by atoms with Crippen LogP contribution < -0.4 is 21.7 Å². The van der Waals surface area contributed by atoms with Gasteiger partial charge in [-0.15, -0.1) is 0 Å². The van der Waals surface area contributed by atoms with E-state index in [2.05, 4.69) is 16.0 Å². The molecule has 8 N–H and O–H groups in total. The summed E-state index contributed by atoms with van der Waals surface area (Å²) >= 11 is 0. The minimum atomic E-state index is -1.22. The van der Waals surface area contributed by atoms with Gasteiger partial charge < -0.3 is 31.9 Å². The number of nitrogens with one attached hydrogen (secondary N) is 2. The van der Waals surface area contributed by atoms with Gasteiger partial charge in [0.15, 0.2) is 0 Å². The number of amides is 3. The highest BCUT2D eigenvalue weighted by molar-refractivity contribution is 5.97. The summed E-state index contributed by atoms with van der Waals surface area (Å²) in [5, 5.41) is 28.1. The number of carbonyl (C=O) groups excluding carboxylic acids is 3. The molecule has 168 valence electrons. The Morgan fingerprint density at radius 3 is 2.45 bits per heavy atom. The molecule has 9 nitrogen and oxygen atoms in total. The SMILES string of the molecule is NC(=O)[C@@H](Cc1ccccc1)NC(=O)C1=C[C@@H](NC(=O)C2CC[NH2+]CC2)[C@@H](O)[C@H](O)C1. The van der Waals surface area contributed by atoms with Crippen LogP contribution in [0.2, 0.25) is 0 Å². The van der Waals surface area contributed by atoms with Gasteiger partial charge in [-0.3, -0.25) is 14.4 Å². The number of benzene rings is 1. The quantitative estimate of drug-likeness (QED) is 0.286. The minimum absolute atomic E-state index is 0.0887. The van der Waals surface area contributed by atoms with Crippen LogP contribution in [0.15, 0.2) is 42.0 Å². The van der Waals surface area contributed by atoms with Gasteiger partial charge >= 0.3 is 0 Å². The van der Waals surface area contributed by atoms with Gasteiger partial charge in [0.1, 0.15) is 12.1 Å². The molecule has 1 heterocycles. The molecule has 2 aliphatic rings. The molecule has 1 aliphatic heterocycles. The number of rotatable bonds is 7. The number of carbonyl (C=O) groups is 3. The number of hydrogen-bond donors (Lipinski definition) is 6. The van der Waals surface area contributed by atoms with Gasteiger partial charge in [-0.1, -0.05) is 36.4 Å². The van der Waals surface area contributed by atoms with E-state index in [-0.39, 0.29) is 30.2 Å². The molecule has 0 saturated carbocycles. The number of aliphatic hydroxyl groups is 2. The maximum absolute atomic E-state index is 12.8. The van der Waals surface area contributed by atoms with E-state index in [4.69, 9.17) is 5.73 Å². The van der Waals surface area contributed by atoms with E-state index in [1.165, 1.54) is 6.08 Å². The lowest BCUT2D eigenvalue weighted by Crippen LogP contribution is -2.86. The van der Waals surface area contributed by atoms with Crippen LogP contribution in [0.25, 0.3) is 0 Å². The molecule has 0 unspecified atom stereocenters. The number of hydrogen-bond acceptors (Lipinski definition) is 5. The normalized spacial score (nSPS) is 25.2. The number of aliphatic hydroxyl groups excluding tert-OH is 2. The topological polar surface area (TPSA) is 158 Å². The molecule has 0 aromatic heterocycles. The van der Waals surface area contributed by atoms with Crippen molar-refractivity contribution in [2.75, 3.05) is 13.1 Å². The average Bonchev–Trinajstić information content (AvgIpc) is 2.77. The highest BCUT2D eigenvalue weighted by atomic mass is 16.3. The Hall–Kier alpha value is -2.75. The van der Waals surface area contributed by atoms with Crippen molar-refractivity contribution >= 4 is 17.7 Å². The van der Waals surface area contributed by atoms with Crippen LogP contribution in [-0.2, 0) is 20.8 Å². The fraction of sp³-hybridized carbons (Fsp3) is 0.500. The summed E-state index contributed by atoms with van der Waals surface area (Å²) in [6, 6.07) is 7.35. The molecular weight excluding hydrogens is 400 g/mol. The smallest absolute Gasteiger partial charge is 0.247 e. The van der Waals surface area contributed by atoms with Crippen LogP contribution in [0.1, 0.15) is 24.8 Å². The van der Waals surface area contributed by atoms with Crippen molar-refractivity contribution in [2.45, 2.75) is 50.0 Å². The van der Waals surface area contributed by atoms with Gasteiger partial charge in [0.2, 0.25) is 17.7 Å². The largest absolute Gasteiger partial charge is 0.390 e. The third kappa shape index (κ3) is 6.13. The average molecular weight is 432 g/mol. The van der Waals surface area contributed by atoms with Gasteiger partial charge in [-0.2, -0.15) is 0 Å². The molecule has 0 spiro atoms. The molecule has 0 radical (unpaired) electrons. The maximum Gasteiger partial charge on any atom is 0.247 e. The van der Waals surface area contributed by atoms with Crippen LogP contribution in [0, 0.1) is 5.92 Å². The summed E-state index contributed by atoms with van der Waals surface area (Å²) in [7, 11) is 0. The summed E-state index contributed by atoms with van der Waals surface area (Å²) in [5.74, 6) is -1.57. The molecule has 3 rings (SSSR count). The fourth-order valence-corrected chi connectivity index (χ4v) is 4.06. The van der Waals surface area contributed by atoms with Crippen molar-refractivity contribution in [2.24, 2.45) is 11.7 Å². The lowest BCUT2D eigenvalue weighted by atomic mass is 9.88. The monoisotopic (exact) mass is 431 g/mol. The Kier molecular flexibility index (Phi) is 7.78. The first-order valence-electron chi connectivity index (χ1n) is 10.7. The number of piperidine rings is 1. The van der Waals surface area contributed by atoms with E-state index in [9.17, 15) is 24.6 Å². The van der Waals surface area contributed by atoms with Crippen LogP contribution in [0.3, 0.4) is 0 Å². The van der Waals surface area contributed by atoms with Gasteiger partial charge in [-0.25, -0.2) is 0 Å². The molecular formula is C22H31N4O5+. The predicted molar refractivity (Wildman–Crippen MR) is 112 cm³/mol. The molecule has 1 aromatic rings. The van der Waals surface area contributed by atoms with Crippen molar-refractivity contribution in [1.29, 1.82) is 0 Å². The van der Waals surface area contributed by atoms with Crippen LogP contribution in [0.5, 0.6) is 0 Å². The third-order valence-electron chi connectivity index (χ3n) is 5.91.